The summed E-state index contributed by atoms with van der Waals surface area (Å²) >= 11 is 0. The summed E-state index contributed by atoms with van der Waals surface area (Å²) in [4.78, 5) is 7.10. The van der Waals surface area contributed by atoms with Gasteiger partial charge in [0.15, 0.2) is 5.96 Å². The monoisotopic (exact) mass is 565 g/mol. The molecule has 0 aliphatic carbocycles. The van der Waals surface area contributed by atoms with Crippen LogP contribution in [-0.2, 0) is 21.2 Å². The van der Waals surface area contributed by atoms with Crippen LogP contribution in [0.3, 0.4) is 0 Å². The zero-order chi connectivity index (χ0) is 21.6. The van der Waals surface area contributed by atoms with Crippen molar-refractivity contribution in [3.05, 3.63) is 29.8 Å². The molecule has 0 saturated carbocycles. The van der Waals surface area contributed by atoms with Crippen molar-refractivity contribution in [1.82, 2.24) is 15.5 Å². The fourth-order valence-electron chi connectivity index (χ4n) is 3.89. The molecule has 2 heterocycles. The first-order valence-corrected chi connectivity index (χ1v) is 12.4. The van der Waals surface area contributed by atoms with Gasteiger partial charge in [-0.05, 0) is 38.8 Å². The topological polar surface area (TPSA) is 86.3 Å². The standard InChI is InChI=1S/C21H35N5O3S.HI/c1-4-22-20(24-17-21(2,3)25-12-14-29-15-13-25)23-10-16-30(27,28)26-11-9-18-7-5-6-8-19(18)26;/h5-8H,4,9-17H2,1-3H3,(H2,22,23,24);1H. The molecule has 8 nitrogen and oxygen atoms in total. The first-order chi connectivity index (χ1) is 14.3. The highest BCUT2D eigenvalue weighted by molar-refractivity contribution is 14.0. The number of nitrogens with one attached hydrogen (secondary N) is 2. The molecule has 1 saturated heterocycles. The molecule has 2 aliphatic rings. The molecule has 0 atom stereocenters. The Bertz CT molecular complexity index is 841. The van der Waals surface area contributed by atoms with Crippen molar-refractivity contribution < 1.29 is 13.2 Å². The van der Waals surface area contributed by atoms with Crippen LogP contribution in [-0.4, -0.2) is 83.1 Å². The third-order valence-electron chi connectivity index (χ3n) is 5.67. The smallest absolute Gasteiger partial charge is 0.236 e. The number of halogens is 1. The Kier molecular flexibility index (Phi) is 9.84. The first-order valence-electron chi connectivity index (χ1n) is 10.8. The quantitative estimate of drug-likeness (QED) is 0.284. The molecule has 10 heteroatoms. The van der Waals surface area contributed by atoms with Crippen LogP contribution in [0.4, 0.5) is 5.69 Å². The maximum Gasteiger partial charge on any atom is 0.236 e. The summed E-state index contributed by atoms with van der Waals surface area (Å²) in [6.07, 6.45) is 0.767. The van der Waals surface area contributed by atoms with Gasteiger partial charge in [-0.15, -0.1) is 24.0 Å². The number of anilines is 1. The van der Waals surface area contributed by atoms with Crippen molar-refractivity contribution in [2.24, 2.45) is 4.99 Å². The van der Waals surface area contributed by atoms with E-state index in [4.69, 9.17) is 9.73 Å². The molecule has 1 aromatic carbocycles. The minimum atomic E-state index is -3.38. The maximum absolute atomic E-state index is 12.9. The van der Waals surface area contributed by atoms with Crippen molar-refractivity contribution in [3.63, 3.8) is 0 Å². The molecular formula is C21H36IN5O3S. The Morgan fingerprint density at radius 3 is 2.58 bits per heavy atom. The van der Waals surface area contributed by atoms with E-state index >= 15 is 0 Å². The number of benzene rings is 1. The lowest BCUT2D eigenvalue weighted by Crippen LogP contribution is -2.52. The zero-order valence-corrected chi connectivity index (χ0v) is 21.9. The van der Waals surface area contributed by atoms with Gasteiger partial charge in [0.25, 0.3) is 0 Å². The van der Waals surface area contributed by atoms with Crippen LogP contribution in [0.25, 0.3) is 0 Å². The summed E-state index contributed by atoms with van der Waals surface area (Å²) in [6.45, 7) is 11.8. The normalized spacial score (nSPS) is 17.8. The van der Waals surface area contributed by atoms with Gasteiger partial charge in [0.05, 0.1) is 31.2 Å². The van der Waals surface area contributed by atoms with E-state index < -0.39 is 10.0 Å². The third-order valence-corrected chi connectivity index (χ3v) is 7.44. The van der Waals surface area contributed by atoms with Crippen LogP contribution in [0.15, 0.2) is 29.3 Å². The second-order valence-electron chi connectivity index (χ2n) is 8.30. The molecule has 1 fully saturated rings. The van der Waals surface area contributed by atoms with Crippen molar-refractivity contribution in [1.29, 1.82) is 0 Å². The Labute approximate surface area is 203 Å². The van der Waals surface area contributed by atoms with Gasteiger partial charge in [-0.2, -0.15) is 0 Å². The lowest BCUT2D eigenvalue weighted by molar-refractivity contribution is -0.00683. The molecule has 0 amide bonds. The highest BCUT2D eigenvalue weighted by Crippen LogP contribution is 2.29. The fourth-order valence-corrected chi connectivity index (χ4v) is 5.32. The molecule has 2 N–H and O–H groups in total. The van der Waals surface area contributed by atoms with E-state index in [1.165, 1.54) is 4.31 Å². The lowest BCUT2D eigenvalue weighted by Gasteiger charge is -2.39. The summed E-state index contributed by atoms with van der Waals surface area (Å²) in [7, 11) is -3.38. The number of aliphatic imine (C=N–C) groups is 1. The van der Waals surface area contributed by atoms with E-state index in [-0.39, 0.29) is 35.3 Å². The Morgan fingerprint density at radius 2 is 1.87 bits per heavy atom. The van der Waals surface area contributed by atoms with Crippen molar-refractivity contribution in [3.8, 4) is 0 Å². The van der Waals surface area contributed by atoms with Crippen molar-refractivity contribution >= 4 is 45.6 Å². The average molecular weight is 566 g/mol. The molecule has 0 radical (unpaired) electrons. The second-order valence-corrected chi connectivity index (χ2v) is 10.3. The molecule has 176 valence electrons. The Morgan fingerprint density at radius 1 is 1.16 bits per heavy atom. The van der Waals surface area contributed by atoms with Crippen LogP contribution < -0.4 is 14.9 Å². The van der Waals surface area contributed by atoms with Crippen LogP contribution in [0.2, 0.25) is 0 Å². The van der Waals surface area contributed by atoms with E-state index in [2.05, 4.69) is 29.4 Å². The van der Waals surface area contributed by atoms with E-state index in [0.717, 1.165) is 50.5 Å². The van der Waals surface area contributed by atoms with Crippen LogP contribution in [0, 0.1) is 0 Å². The number of sulfonamides is 1. The number of ether oxygens (including phenoxy) is 1. The van der Waals surface area contributed by atoms with Gasteiger partial charge in [0.2, 0.25) is 10.0 Å². The van der Waals surface area contributed by atoms with E-state index in [0.29, 0.717) is 25.6 Å². The SMILES string of the molecule is CCNC(=NCC(C)(C)N1CCOCC1)NCCS(=O)(=O)N1CCc2ccccc21.I. The molecular weight excluding hydrogens is 529 g/mol. The highest BCUT2D eigenvalue weighted by Gasteiger charge is 2.29. The number of nitrogens with zero attached hydrogens (tertiary/aromatic N) is 3. The number of fused-ring (bicyclic) bond motifs is 1. The Balaban J connectivity index is 0.00000341. The molecule has 2 aliphatic heterocycles. The fraction of sp³-hybridized carbons (Fsp3) is 0.667. The largest absolute Gasteiger partial charge is 0.379 e. The highest BCUT2D eigenvalue weighted by atomic mass is 127. The minimum absolute atomic E-state index is 0. The van der Waals surface area contributed by atoms with Crippen molar-refractivity contribution in [2.45, 2.75) is 32.7 Å². The van der Waals surface area contributed by atoms with Gasteiger partial charge < -0.3 is 15.4 Å². The minimum Gasteiger partial charge on any atom is -0.379 e. The maximum atomic E-state index is 12.9. The molecule has 1 aromatic rings. The molecule has 31 heavy (non-hydrogen) atoms. The van der Waals surface area contributed by atoms with Gasteiger partial charge in [0, 0.05) is 38.3 Å². The summed E-state index contributed by atoms with van der Waals surface area (Å²) < 4.78 is 32.7. The number of rotatable bonds is 8. The summed E-state index contributed by atoms with van der Waals surface area (Å²) in [5.41, 5.74) is 1.82. The van der Waals surface area contributed by atoms with Gasteiger partial charge in [-0.3, -0.25) is 14.2 Å². The van der Waals surface area contributed by atoms with Crippen LogP contribution in [0.5, 0.6) is 0 Å². The van der Waals surface area contributed by atoms with Crippen molar-refractivity contribution in [2.75, 3.05) is 62.5 Å². The van der Waals surface area contributed by atoms with Gasteiger partial charge in [-0.25, -0.2) is 8.42 Å². The van der Waals surface area contributed by atoms with Gasteiger partial charge in [0.1, 0.15) is 0 Å². The van der Waals surface area contributed by atoms with Gasteiger partial charge in [-0.1, -0.05) is 18.2 Å². The summed E-state index contributed by atoms with van der Waals surface area (Å²) in [5.74, 6) is 0.675. The molecule has 0 unspecified atom stereocenters. The number of hydrogen-bond acceptors (Lipinski definition) is 5. The second kappa shape index (κ2) is 11.7. The number of morpholine rings is 1. The van der Waals surface area contributed by atoms with Gasteiger partial charge >= 0.3 is 0 Å². The third kappa shape index (κ3) is 6.93. The molecule has 3 rings (SSSR count). The number of para-hydroxylation sites is 1. The zero-order valence-electron chi connectivity index (χ0n) is 18.8. The van der Waals surface area contributed by atoms with E-state index in [1.807, 2.05) is 31.2 Å². The number of guanidine groups is 1. The predicted octanol–water partition coefficient (Wildman–Crippen LogP) is 1.66. The number of hydrogen-bond donors (Lipinski definition) is 2. The Hall–Kier alpha value is -1.11. The average Bonchev–Trinajstić information content (AvgIpc) is 3.18. The summed E-state index contributed by atoms with van der Waals surface area (Å²) in [6, 6.07) is 7.72. The molecule has 0 spiro atoms. The lowest BCUT2D eigenvalue weighted by atomic mass is 10.0. The van der Waals surface area contributed by atoms with Crippen LogP contribution in [0.1, 0.15) is 26.3 Å². The summed E-state index contributed by atoms with van der Waals surface area (Å²) in [5, 5.41) is 6.41. The van der Waals surface area contributed by atoms with E-state index in [1.54, 1.807) is 0 Å². The van der Waals surface area contributed by atoms with E-state index in [9.17, 15) is 8.42 Å². The first kappa shape index (κ1) is 26.1. The molecule has 0 bridgehead atoms. The predicted molar refractivity (Wildman–Crippen MR) is 137 cm³/mol. The van der Waals surface area contributed by atoms with Crippen LogP contribution >= 0.6 is 24.0 Å². The molecule has 0 aromatic heterocycles.